The van der Waals surface area contributed by atoms with E-state index in [2.05, 4.69) is 10.6 Å². The summed E-state index contributed by atoms with van der Waals surface area (Å²) < 4.78 is 10.5. The molecule has 3 aromatic carbocycles. The van der Waals surface area contributed by atoms with Crippen LogP contribution in [0.15, 0.2) is 65.6 Å². The summed E-state index contributed by atoms with van der Waals surface area (Å²) in [5, 5.41) is 6.30. The summed E-state index contributed by atoms with van der Waals surface area (Å²) in [7, 11) is 3.06. The van der Waals surface area contributed by atoms with Crippen LogP contribution in [0.25, 0.3) is 0 Å². The van der Waals surface area contributed by atoms with Gasteiger partial charge in [-0.1, -0.05) is 23.7 Å². The Morgan fingerprint density at radius 1 is 0.938 bits per heavy atom. The molecule has 32 heavy (non-hydrogen) atoms. The average Bonchev–Trinajstić information content (AvgIpc) is 2.79. The molecule has 0 aliphatic carbocycles. The van der Waals surface area contributed by atoms with E-state index in [9.17, 15) is 9.59 Å². The smallest absolute Gasteiger partial charge is 0.255 e. The van der Waals surface area contributed by atoms with Crippen LogP contribution in [0.3, 0.4) is 0 Å². The molecule has 3 rings (SSSR count). The maximum atomic E-state index is 12.6. The Bertz CT molecular complexity index is 1140. The van der Waals surface area contributed by atoms with Gasteiger partial charge in [0, 0.05) is 26.9 Å². The predicted molar refractivity (Wildman–Crippen MR) is 129 cm³/mol. The first-order valence-electron chi connectivity index (χ1n) is 9.72. The third kappa shape index (κ3) is 6.18. The van der Waals surface area contributed by atoms with Crippen LogP contribution in [0.5, 0.6) is 11.5 Å². The standard InChI is InChI=1S/C24H23ClN2O4S/c1-15-7-9-17(25)12-20(15)27-23(28)14-32-19-6-4-5-18(13-19)26-24(29)16-8-10-21(30-2)22(11-16)31-3/h4-13H,14H2,1-3H3,(H,26,29)(H,27,28). The van der Waals surface area contributed by atoms with E-state index in [1.807, 2.05) is 31.2 Å². The lowest BCUT2D eigenvalue weighted by atomic mass is 10.2. The normalized spacial score (nSPS) is 10.4. The Morgan fingerprint density at radius 2 is 1.72 bits per heavy atom. The van der Waals surface area contributed by atoms with Crippen LogP contribution in [-0.2, 0) is 4.79 Å². The average molecular weight is 471 g/mol. The molecule has 166 valence electrons. The molecular weight excluding hydrogens is 448 g/mol. The minimum absolute atomic E-state index is 0.139. The summed E-state index contributed by atoms with van der Waals surface area (Å²) in [6.45, 7) is 1.91. The molecule has 6 nitrogen and oxygen atoms in total. The third-order valence-corrected chi connectivity index (χ3v) is 5.81. The van der Waals surface area contributed by atoms with Gasteiger partial charge in [0.25, 0.3) is 5.91 Å². The van der Waals surface area contributed by atoms with Gasteiger partial charge in [0.1, 0.15) is 0 Å². The number of aryl methyl sites for hydroxylation is 1. The first kappa shape index (κ1) is 23.5. The van der Waals surface area contributed by atoms with Gasteiger partial charge in [-0.15, -0.1) is 11.8 Å². The van der Waals surface area contributed by atoms with Crippen LogP contribution in [0.2, 0.25) is 5.02 Å². The van der Waals surface area contributed by atoms with E-state index in [1.165, 1.54) is 26.0 Å². The van der Waals surface area contributed by atoms with Crippen molar-refractivity contribution in [3.63, 3.8) is 0 Å². The second-order valence-electron chi connectivity index (χ2n) is 6.85. The number of methoxy groups -OCH3 is 2. The van der Waals surface area contributed by atoms with E-state index in [1.54, 1.807) is 36.4 Å². The SMILES string of the molecule is COc1ccc(C(=O)Nc2cccc(SCC(=O)Nc3cc(Cl)ccc3C)c2)cc1OC. The van der Waals surface area contributed by atoms with Gasteiger partial charge in [0.2, 0.25) is 5.91 Å². The Balaban J connectivity index is 1.61. The van der Waals surface area contributed by atoms with E-state index >= 15 is 0 Å². The number of nitrogens with one attached hydrogen (secondary N) is 2. The zero-order valence-electron chi connectivity index (χ0n) is 17.9. The quantitative estimate of drug-likeness (QED) is 0.416. The number of hydrogen-bond donors (Lipinski definition) is 2. The first-order chi connectivity index (χ1) is 15.4. The summed E-state index contributed by atoms with van der Waals surface area (Å²) >= 11 is 7.38. The molecule has 3 aromatic rings. The predicted octanol–water partition coefficient (Wildman–Crippen LogP) is 5.65. The summed E-state index contributed by atoms with van der Waals surface area (Å²) in [5.74, 6) is 0.834. The second-order valence-corrected chi connectivity index (χ2v) is 8.33. The van der Waals surface area contributed by atoms with Crippen LogP contribution >= 0.6 is 23.4 Å². The molecular formula is C24H23ClN2O4S. The van der Waals surface area contributed by atoms with Crippen LogP contribution in [0, 0.1) is 6.92 Å². The molecule has 0 aliphatic heterocycles. The van der Waals surface area contributed by atoms with Crippen molar-refractivity contribution >= 4 is 46.6 Å². The molecule has 0 spiro atoms. The van der Waals surface area contributed by atoms with Crippen molar-refractivity contribution in [2.24, 2.45) is 0 Å². The highest BCUT2D eigenvalue weighted by molar-refractivity contribution is 8.00. The fourth-order valence-corrected chi connectivity index (χ4v) is 3.84. The summed E-state index contributed by atoms with van der Waals surface area (Å²) in [6.07, 6.45) is 0. The van der Waals surface area contributed by atoms with Gasteiger partial charge in [0.05, 0.1) is 20.0 Å². The maximum Gasteiger partial charge on any atom is 0.255 e. The van der Waals surface area contributed by atoms with Crippen LogP contribution < -0.4 is 20.1 Å². The molecule has 0 fully saturated rings. The van der Waals surface area contributed by atoms with Crippen molar-refractivity contribution < 1.29 is 19.1 Å². The number of thioether (sulfide) groups is 1. The van der Waals surface area contributed by atoms with Crippen molar-refractivity contribution in [1.82, 2.24) is 0 Å². The van der Waals surface area contributed by atoms with Gasteiger partial charge in [-0.25, -0.2) is 0 Å². The highest BCUT2D eigenvalue weighted by Gasteiger charge is 2.12. The van der Waals surface area contributed by atoms with Crippen LogP contribution in [0.4, 0.5) is 11.4 Å². The van der Waals surface area contributed by atoms with Crippen LogP contribution in [0.1, 0.15) is 15.9 Å². The van der Waals surface area contributed by atoms with Gasteiger partial charge in [-0.3, -0.25) is 9.59 Å². The molecule has 2 amide bonds. The van der Waals surface area contributed by atoms with Gasteiger partial charge in [0.15, 0.2) is 11.5 Å². The Morgan fingerprint density at radius 3 is 2.47 bits per heavy atom. The molecule has 8 heteroatoms. The van der Waals surface area contributed by atoms with Crippen molar-refractivity contribution in [2.75, 3.05) is 30.6 Å². The number of hydrogen-bond acceptors (Lipinski definition) is 5. The van der Waals surface area contributed by atoms with Gasteiger partial charge in [-0.05, 0) is 61.0 Å². The number of amides is 2. The maximum absolute atomic E-state index is 12.6. The molecule has 0 unspecified atom stereocenters. The summed E-state index contributed by atoms with van der Waals surface area (Å²) in [6, 6.07) is 17.6. The number of carbonyl (C=O) groups is 2. The minimum atomic E-state index is -0.276. The molecule has 0 saturated heterocycles. The third-order valence-electron chi connectivity index (χ3n) is 4.58. The van der Waals surface area contributed by atoms with Gasteiger partial charge in [-0.2, -0.15) is 0 Å². The lowest BCUT2D eigenvalue weighted by Crippen LogP contribution is -2.15. The monoisotopic (exact) mass is 470 g/mol. The van der Waals surface area contributed by atoms with E-state index in [0.29, 0.717) is 33.5 Å². The highest BCUT2D eigenvalue weighted by atomic mass is 35.5. The van der Waals surface area contributed by atoms with Crippen molar-refractivity contribution in [3.05, 3.63) is 76.8 Å². The molecule has 0 bridgehead atoms. The Kier molecular flexibility index (Phi) is 8.03. The molecule has 0 heterocycles. The second kappa shape index (κ2) is 10.9. The first-order valence-corrected chi connectivity index (χ1v) is 11.1. The fraction of sp³-hybridized carbons (Fsp3) is 0.167. The summed E-state index contributed by atoms with van der Waals surface area (Å²) in [5.41, 5.74) is 2.70. The summed E-state index contributed by atoms with van der Waals surface area (Å²) in [4.78, 5) is 25.8. The molecule has 0 saturated carbocycles. The minimum Gasteiger partial charge on any atom is -0.493 e. The van der Waals surface area contributed by atoms with Crippen molar-refractivity contribution in [2.45, 2.75) is 11.8 Å². The molecule has 0 atom stereocenters. The number of halogens is 1. The molecule has 0 aromatic heterocycles. The largest absolute Gasteiger partial charge is 0.493 e. The highest BCUT2D eigenvalue weighted by Crippen LogP contribution is 2.28. The van der Waals surface area contributed by atoms with Gasteiger partial charge >= 0.3 is 0 Å². The molecule has 2 N–H and O–H groups in total. The van der Waals surface area contributed by atoms with Gasteiger partial charge < -0.3 is 20.1 Å². The fourth-order valence-electron chi connectivity index (χ4n) is 2.91. The Labute approximate surface area is 196 Å². The molecule has 0 aliphatic rings. The van der Waals surface area contributed by atoms with E-state index < -0.39 is 0 Å². The lowest BCUT2D eigenvalue weighted by Gasteiger charge is -2.11. The Hall–Kier alpha value is -3.16. The van der Waals surface area contributed by atoms with E-state index in [0.717, 1.165) is 10.5 Å². The number of anilines is 2. The topological polar surface area (TPSA) is 76.7 Å². The van der Waals surface area contributed by atoms with Crippen molar-refractivity contribution in [1.29, 1.82) is 0 Å². The van der Waals surface area contributed by atoms with E-state index in [-0.39, 0.29) is 17.6 Å². The number of ether oxygens (including phenoxy) is 2. The van der Waals surface area contributed by atoms with E-state index in [4.69, 9.17) is 21.1 Å². The number of benzene rings is 3. The molecule has 0 radical (unpaired) electrons. The number of carbonyl (C=O) groups excluding carboxylic acids is 2. The number of rotatable bonds is 8. The van der Waals surface area contributed by atoms with Crippen molar-refractivity contribution in [3.8, 4) is 11.5 Å². The lowest BCUT2D eigenvalue weighted by molar-refractivity contribution is -0.113. The zero-order chi connectivity index (χ0) is 23.1. The van der Waals surface area contributed by atoms with Crippen LogP contribution in [-0.4, -0.2) is 31.8 Å². The zero-order valence-corrected chi connectivity index (χ0v) is 19.5.